The van der Waals surface area contributed by atoms with Crippen LogP contribution in [0.4, 0.5) is 11.6 Å². The molecule has 0 bridgehead atoms. The van der Waals surface area contributed by atoms with Gasteiger partial charge in [0.05, 0.1) is 5.56 Å². The van der Waals surface area contributed by atoms with E-state index < -0.39 is 0 Å². The van der Waals surface area contributed by atoms with Crippen LogP contribution in [-0.4, -0.2) is 40.7 Å². The zero-order valence-corrected chi connectivity index (χ0v) is 17.7. The fourth-order valence-electron chi connectivity index (χ4n) is 4.75. The molecule has 3 aromatic heterocycles. The van der Waals surface area contributed by atoms with E-state index in [1.165, 1.54) is 19.3 Å². The van der Waals surface area contributed by atoms with E-state index in [1.807, 2.05) is 30.5 Å². The Kier molecular flexibility index (Phi) is 4.95. The second-order valence-electron chi connectivity index (χ2n) is 8.47. The average Bonchev–Trinajstić information content (AvgIpc) is 3.16. The second-order valence-corrected chi connectivity index (χ2v) is 8.47. The third-order valence-corrected chi connectivity index (χ3v) is 6.74. The fourth-order valence-corrected chi connectivity index (χ4v) is 4.75. The molecule has 1 aliphatic heterocycles. The van der Waals surface area contributed by atoms with Crippen LogP contribution in [0.2, 0.25) is 0 Å². The first-order valence-corrected chi connectivity index (χ1v) is 11.0. The van der Waals surface area contributed by atoms with Gasteiger partial charge in [-0.25, -0.2) is 9.97 Å². The number of anilines is 2. The van der Waals surface area contributed by atoms with Crippen molar-refractivity contribution in [1.82, 2.24) is 14.5 Å². The van der Waals surface area contributed by atoms with E-state index in [9.17, 15) is 5.26 Å². The van der Waals surface area contributed by atoms with Crippen LogP contribution in [0, 0.1) is 28.6 Å². The van der Waals surface area contributed by atoms with Gasteiger partial charge < -0.3 is 14.4 Å². The summed E-state index contributed by atoms with van der Waals surface area (Å²) in [5, 5.41) is 19.6. The lowest BCUT2D eigenvalue weighted by molar-refractivity contribution is 0.196. The quantitative estimate of drug-likeness (QED) is 0.648. The minimum Gasteiger partial charge on any atom is -0.353 e. The molecular formula is C24H25N7. The van der Waals surface area contributed by atoms with Gasteiger partial charge in [-0.1, -0.05) is 19.4 Å². The molecule has 0 N–H and O–H groups in total. The summed E-state index contributed by atoms with van der Waals surface area (Å²) in [4.78, 5) is 13.9. The van der Waals surface area contributed by atoms with Crippen LogP contribution in [-0.2, 0) is 0 Å². The predicted octanol–water partition coefficient (Wildman–Crippen LogP) is 3.86. The Balaban J connectivity index is 1.36. The molecule has 31 heavy (non-hydrogen) atoms. The second kappa shape index (κ2) is 7.92. The Morgan fingerprint density at radius 2 is 1.65 bits per heavy atom. The van der Waals surface area contributed by atoms with Crippen LogP contribution >= 0.6 is 0 Å². The maximum Gasteiger partial charge on any atom is 0.143 e. The highest BCUT2D eigenvalue weighted by Crippen LogP contribution is 2.42. The average molecular weight is 412 g/mol. The van der Waals surface area contributed by atoms with Gasteiger partial charge in [-0.05, 0) is 43.0 Å². The van der Waals surface area contributed by atoms with E-state index in [-0.39, 0.29) is 0 Å². The van der Waals surface area contributed by atoms with E-state index in [0.717, 1.165) is 54.8 Å². The van der Waals surface area contributed by atoms with Gasteiger partial charge in [0, 0.05) is 43.8 Å². The molecule has 0 radical (unpaired) electrons. The van der Waals surface area contributed by atoms with Crippen molar-refractivity contribution in [2.45, 2.75) is 32.2 Å². The first-order valence-electron chi connectivity index (χ1n) is 11.0. The van der Waals surface area contributed by atoms with Crippen molar-refractivity contribution < 1.29 is 0 Å². The molecule has 3 aromatic rings. The van der Waals surface area contributed by atoms with E-state index in [2.05, 4.69) is 38.4 Å². The maximum absolute atomic E-state index is 9.58. The van der Waals surface area contributed by atoms with Crippen molar-refractivity contribution in [2.24, 2.45) is 5.92 Å². The molecular weight excluding hydrogens is 386 g/mol. The number of hydrogen-bond donors (Lipinski definition) is 0. The van der Waals surface area contributed by atoms with Crippen LogP contribution in [0.3, 0.4) is 0 Å². The molecule has 0 spiro atoms. The summed E-state index contributed by atoms with van der Waals surface area (Å²) < 4.78 is 2.23. The number of piperazine rings is 1. The van der Waals surface area contributed by atoms with Crippen LogP contribution < -0.4 is 9.80 Å². The lowest BCUT2D eigenvalue weighted by Gasteiger charge is -2.37. The molecule has 2 aliphatic rings. The van der Waals surface area contributed by atoms with Crippen molar-refractivity contribution in [3.05, 3.63) is 47.8 Å². The SMILES string of the molecule is CCC1CC(n2cc(C#N)c3ccc(N4CCN(c5cccc(C#N)n5)CC4)nc32)C1. The third kappa shape index (κ3) is 3.47. The molecule has 7 heteroatoms. The highest BCUT2D eigenvalue weighted by molar-refractivity contribution is 5.85. The van der Waals surface area contributed by atoms with Crippen molar-refractivity contribution in [3.63, 3.8) is 0 Å². The number of fused-ring (bicyclic) bond motifs is 1. The number of pyridine rings is 2. The standard InChI is InChI=1S/C24H25N7/c1-2-17-12-20(13-17)31-16-18(14-25)21-6-7-23(28-24(21)31)30-10-8-29(9-11-30)22-5-3-4-19(15-26)27-22/h3-7,16-17,20H,2,8-13H2,1H3. The van der Waals surface area contributed by atoms with Gasteiger partial charge in [-0.3, -0.25) is 0 Å². The van der Waals surface area contributed by atoms with E-state index in [1.54, 1.807) is 6.07 Å². The maximum atomic E-state index is 9.58. The molecule has 1 aliphatic carbocycles. The Morgan fingerprint density at radius 1 is 0.935 bits per heavy atom. The van der Waals surface area contributed by atoms with Gasteiger partial charge in [0.1, 0.15) is 35.1 Å². The van der Waals surface area contributed by atoms with E-state index in [0.29, 0.717) is 17.3 Å². The zero-order chi connectivity index (χ0) is 21.4. The Morgan fingerprint density at radius 3 is 2.29 bits per heavy atom. The summed E-state index contributed by atoms with van der Waals surface area (Å²) in [5.74, 6) is 2.60. The van der Waals surface area contributed by atoms with Crippen LogP contribution in [0.25, 0.3) is 11.0 Å². The molecule has 156 valence electrons. The fraction of sp³-hybridized carbons (Fsp3) is 0.417. The topological polar surface area (TPSA) is 84.8 Å². The molecule has 0 amide bonds. The molecule has 5 rings (SSSR count). The van der Waals surface area contributed by atoms with Gasteiger partial charge in [0.2, 0.25) is 0 Å². The Hall–Kier alpha value is -3.58. The van der Waals surface area contributed by atoms with Gasteiger partial charge in [-0.15, -0.1) is 0 Å². The monoisotopic (exact) mass is 411 g/mol. The molecule has 7 nitrogen and oxygen atoms in total. The number of nitriles is 2. The molecule has 1 saturated heterocycles. The molecule has 0 atom stereocenters. The highest BCUT2D eigenvalue weighted by Gasteiger charge is 2.31. The minimum absolute atomic E-state index is 0.447. The van der Waals surface area contributed by atoms with Crippen LogP contribution in [0.5, 0.6) is 0 Å². The lowest BCUT2D eigenvalue weighted by atomic mass is 9.78. The summed E-state index contributed by atoms with van der Waals surface area (Å²) in [5.41, 5.74) is 2.09. The first kappa shape index (κ1) is 19.4. The van der Waals surface area contributed by atoms with Crippen LogP contribution in [0.1, 0.15) is 43.5 Å². The van der Waals surface area contributed by atoms with Crippen molar-refractivity contribution in [2.75, 3.05) is 36.0 Å². The van der Waals surface area contributed by atoms with Gasteiger partial charge in [-0.2, -0.15) is 10.5 Å². The predicted molar refractivity (Wildman–Crippen MR) is 120 cm³/mol. The molecule has 0 aromatic carbocycles. The van der Waals surface area contributed by atoms with Crippen molar-refractivity contribution >= 4 is 22.7 Å². The highest BCUT2D eigenvalue weighted by atomic mass is 15.3. The third-order valence-electron chi connectivity index (χ3n) is 6.74. The number of aromatic nitrogens is 3. The zero-order valence-electron chi connectivity index (χ0n) is 17.7. The van der Waals surface area contributed by atoms with Crippen molar-refractivity contribution in [1.29, 1.82) is 10.5 Å². The molecule has 2 fully saturated rings. The normalized spacial score (nSPS) is 20.9. The number of rotatable bonds is 4. The van der Waals surface area contributed by atoms with Crippen LogP contribution in [0.15, 0.2) is 36.5 Å². The molecule has 0 unspecified atom stereocenters. The molecule has 1 saturated carbocycles. The van der Waals surface area contributed by atoms with E-state index >= 15 is 0 Å². The van der Waals surface area contributed by atoms with Gasteiger partial charge in [0.15, 0.2) is 0 Å². The first-order chi connectivity index (χ1) is 15.2. The lowest BCUT2D eigenvalue weighted by Crippen LogP contribution is -2.47. The molecule has 4 heterocycles. The summed E-state index contributed by atoms with van der Waals surface area (Å²) in [6.45, 7) is 5.57. The largest absolute Gasteiger partial charge is 0.353 e. The number of hydrogen-bond acceptors (Lipinski definition) is 6. The minimum atomic E-state index is 0.447. The van der Waals surface area contributed by atoms with Crippen molar-refractivity contribution in [3.8, 4) is 12.1 Å². The Labute approximate surface area is 182 Å². The van der Waals surface area contributed by atoms with Gasteiger partial charge in [0.25, 0.3) is 0 Å². The summed E-state index contributed by atoms with van der Waals surface area (Å²) in [7, 11) is 0. The Bertz CT molecular complexity index is 1180. The van der Waals surface area contributed by atoms with Gasteiger partial charge >= 0.3 is 0 Å². The summed E-state index contributed by atoms with van der Waals surface area (Å²) >= 11 is 0. The number of nitrogens with zero attached hydrogens (tertiary/aromatic N) is 7. The summed E-state index contributed by atoms with van der Waals surface area (Å²) in [6.07, 6.45) is 5.55. The smallest absolute Gasteiger partial charge is 0.143 e. The van der Waals surface area contributed by atoms with E-state index in [4.69, 9.17) is 10.2 Å². The summed E-state index contributed by atoms with van der Waals surface area (Å²) in [6, 6.07) is 14.6.